The van der Waals surface area contributed by atoms with Crippen LogP contribution in [0.5, 0.6) is 0 Å². The Labute approximate surface area is 302 Å². The lowest BCUT2D eigenvalue weighted by atomic mass is 9.77. The van der Waals surface area contributed by atoms with Gasteiger partial charge in [-0.1, -0.05) is 146 Å². The third kappa shape index (κ3) is 5.58. The molecule has 8 rings (SSSR count). The Balaban J connectivity index is 1.25. The number of aryl methyl sites for hydroxylation is 3. The van der Waals surface area contributed by atoms with E-state index in [0.29, 0.717) is 30.1 Å². The maximum Gasteiger partial charge on any atom is 0.274 e. The number of tetrazole rings is 1. The van der Waals surface area contributed by atoms with Gasteiger partial charge in [0.2, 0.25) is 0 Å². The number of pyridine rings is 1. The van der Waals surface area contributed by atoms with E-state index in [1.807, 2.05) is 61.9 Å². The zero-order chi connectivity index (χ0) is 35.7. The molecule has 3 heterocycles. The van der Waals surface area contributed by atoms with Crippen LogP contribution in [0.25, 0.3) is 33.7 Å². The molecular weight excluding hydrogens is 643 g/mol. The molecule has 8 aromatic rings. The molecule has 0 fully saturated rings. The average Bonchev–Trinajstić information content (AvgIpc) is 3.68. The fourth-order valence-electron chi connectivity index (χ4n) is 7.34. The molecule has 0 atom stereocenters. The van der Waals surface area contributed by atoms with E-state index < -0.39 is 5.54 Å². The number of rotatable bonds is 9. The summed E-state index contributed by atoms with van der Waals surface area (Å²) in [4.78, 5) is 23.0. The Morgan fingerprint density at radius 2 is 1.21 bits per heavy atom. The number of fused-ring (bicyclic) bond motifs is 1. The monoisotopic (exact) mass is 679 g/mol. The van der Waals surface area contributed by atoms with Crippen molar-refractivity contribution in [2.45, 2.75) is 39.3 Å². The molecule has 5 aromatic carbocycles. The Morgan fingerprint density at radius 3 is 1.79 bits per heavy atom. The van der Waals surface area contributed by atoms with Crippen molar-refractivity contribution in [1.29, 1.82) is 0 Å². The summed E-state index contributed by atoms with van der Waals surface area (Å²) in [5.41, 5.74) is 9.79. The molecule has 0 amide bonds. The van der Waals surface area contributed by atoms with Gasteiger partial charge in [0.25, 0.3) is 5.56 Å². The molecule has 8 nitrogen and oxygen atoms in total. The summed E-state index contributed by atoms with van der Waals surface area (Å²) in [5, 5.41) is 13.8. The van der Waals surface area contributed by atoms with Crippen molar-refractivity contribution < 1.29 is 0 Å². The summed E-state index contributed by atoms with van der Waals surface area (Å²) < 4.78 is 3.72. The molecule has 254 valence electrons. The molecule has 0 aliphatic rings. The maximum atomic E-state index is 13.6. The minimum Gasteiger partial charge on any atom is -0.285 e. The third-order valence-corrected chi connectivity index (χ3v) is 9.76. The highest BCUT2D eigenvalue weighted by atomic mass is 16.1. The molecule has 52 heavy (non-hydrogen) atoms. The van der Waals surface area contributed by atoms with Crippen molar-refractivity contribution in [2.24, 2.45) is 0 Å². The number of aromatic nitrogens is 7. The van der Waals surface area contributed by atoms with Gasteiger partial charge in [0, 0.05) is 11.3 Å². The van der Waals surface area contributed by atoms with Gasteiger partial charge in [-0.25, -0.2) is 14.6 Å². The topological polar surface area (TPSA) is 91.4 Å². The van der Waals surface area contributed by atoms with Gasteiger partial charge in [-0.2, -0.15) is 0 Å². The standard InChI is InChI=1S/C44H37N7O/c1-4-39-43(52)50(42-40(46-39)30(2)28-31(3)45-42)29-32-24-26-33(27-25-32)37-22-14-15-23-38(37)41-47-48-49-51(41)44(34-16-8-5-9-17-34,35-18-10-6-11-19-35)36-20-12-7-13-21-36/h5-28H,4,29H2,1-3H3. The molecule has 0 aliphatic carbocycles. The van der Waals surface area contributed by atoms with Crippen LogP contribution in [0.1, 0.15) is 46.1 Å². The molecule has 0 radical (unpaired) electrons. The van der Waals surface area contributed by atoms with E-state index in [4.69, 9.17) is 20.3 Å². The van der Waals surface area contributed by atoms with Crippen LogP contribution in [-0.2, 0) is 18.5 Å². The van der Waals surface area contributed by atoms with Gasteiger partial charge >= 0.3 is 0 Å². The highest BCUT2D eigenvalue weighted by molar-refractivity contribution is 5.81. The average molecular weight is 680 g/mol. The quantitative estimate of drug-likeness (QED) is 0.143. The van der Waals surface area contributed by atoms with E-state index >= 15 is 0 Å². The molecule has 0 saturated heterocycles. The Hall–Kier alpha value is -6.54. The Morgan fingerprint density at radius 1 is 0.654 bits per heavy atom. The molecule has 0 N–H and O–H groups in total. The molecular formula is C44H37N7O. The van der Waals surface area contributed by atoms with Crippen LogP contribution in [-0.4, -0.2) is 34.7 Å². The SMILES string of the molecule is CCc1nc2c(C)cc(C)nc2n(Cc2ccc(-c3ccccc3-c3nnnn3C(c3ccccc3)(c3ccccc3)c3ccccc3)cc2)c1=O. The van der Waals surface area contributed by atoms with E-state index in [9.17, 15) is 4.79 Å². The van der Waals surface area contributed by atoms with Crippen molar-refractivity contribution in [3.63, 3.8) is 0 Å². The summed E-state index contributed by atoms with van der Waals surface area (Å²) in [5.74, 6) is 0.634. The van der Waals surface area contributed by atoms with Crippen LogP contribution in [0.2, 0.25) is 0 Å². The zero-order valence-corrected chi connectivity index (χ0v) is 29.3. The molecule has 0 unspecified atom stereocenters. The van der Waals surface area contributed by atoms with Gasteiger partial charge < -0.3 is 0 Å². The fraction of sp³-hybridized carbons (Fsp3) is 0.136. The molecule has 0 aliphatic heterocycles. The lowest BCUT2D eigenvalue weighted by molar-refractivity contribution is 0.451. The lowest BCUT2D eigenvalue weighted by Crippen LogP contribution is -2.39. The predicted octanol–water partition coefficient (Wildman–Crippen LogP) is 8.18. The van der Waals surface area contributed by atoms with Gasteiger partial charge in [0.15, 0.2) is 11.5 Å². The minimum atomic E-state index is -0.873. The predicted molar refractivity (Wildman–Crippen MR) is 205 cm³/mol. The third-order valence-electron chi connectivity index (χ3n) is 9.76. The Bertz CT molecular complexity index is 2460. The molecule has 0 saturated carbocycles. The maximum absolute atomic E-state index is 13.6. The number of hydrogen-bond donors (Lipinski definition) is 0. The minimum absolute atomic E-state index is 0.104. The van der Waals surface area contributed by atoms with Crippen LogP contribution in [0, 0.1) is 13.8 Å². The van der Waals surface area contributed by atoms with E-state index in [1.165, 1.54) is 0 Å². The second-order valence-corrected chi connectivity index (χ2v) is 13.0. The highest BCUT2D eigenvalue weighted by Gasteiger charge is 2.42. The first-order chi connectivity index (χ1) is 25.5. The van der Waals surface area contributed by atoms with Gasteiger partial charge in [-0.3, -0.25) is 9.36 Å². The number of nitrogens with zero attached hydrogens (tertiary/aromatic N) is 7. The van der Waals surface area contributed by atoms with Crippen molar-refractivity contribution in [1.82, 2.24) is 34.7 Å². The van der Waals surface area contributed by atoms with E-state index in [1.54, 1.807) is 4.57 Å². The second-order valence-electron chi connectivity index (χ2n) is 13.0. The fourth-order valence-corrected chi connectivity index (χ4v) is 7.34. The zero-order valence-electron chi connectivity index (χ0n) is 29.3. The molecule has 3 aromatic heterocycles. The van der Waals surface area contributed by atoms with E-state index in [2.05, 4.69) is 114 Å². The van der Waals surface area contributed by atoms with Gasteiger partial charge in [-0.05, 0) is 75.7 Å². The van der Waals surface area contributed by atoms with Crippen molar-refractivity contribution in [3.8, 4) is 22.5 Å². The van der Waals surface area contributed by atoms with E-state index in [-0.39, 0.29) is 5.56 Å². The molecule has 8 heteroatoms. The van der Waals surface area contributed by atoms with Crippen LogP contribution < -0.4 is 5.56 Å². The summed E-state index contributed by atoms with van der Waals surface area (Å²) in [6, 6.07) is 49.8. The van der Waals surface area contributed by atoms with E-state index in [0.717, 1.165) is 55.7 Å². The van der Waals surface area contributed by atoms with Gasteiger partial charge in [0.05, 0.1) is 6.54 Å². The first kappa shape index (κ1) is 32.7. The van der Waals surface area contributed by atoms with Crippen molar-refractivity contribution in [3.05, 3.63) is 195 Å². The van der Waals surface area contributed by atoms with Crippen molar-refractivity contribution in [2.75, 3.05) is 0 Å². The van der Waals surface area contributed by atoms with Crippen molar-refractivity contribution >= 4 is 11.2 Å². The summed E-state index contributed by atoms with van der Waals surface area (Å²) in [6.45, 7) is 6.31. The second kappa shape index (κ2) is 13.6. The van der Waals surface area contributed by atoms with Gasteiger partial charge in [-0.15, -0.1) is 5.10 Å². The smallest absolute Gasteiger partial charge is 0.274 e. The lowest BCUT2D eigenvalue weighted by Gasteiger charge is -2.36. The summed E-state index contributed by atoms with van der Waals surface area (Å²) in [7, 11) is 0. The largest absolute Gasteiger partial charge is 0.285 e. The highest BCUT2D eigenvalue weighted by Crippen LogP contribution is 2.43. The van der Waals surface area contributed by atoms with Gasteiger partial charge in [0.1, 0.15) is 16.7 Å². The van der Waals surface area contributed by atoms with Crippen LogP contribution in [0.15, 0.2) is 150 Å². The molecule has 0 spiro atoms. The van der Waals surface area contributed by atoms with Crippen LogP contribution in [0.4, 0.5) is 0 Å². The number of hydrogen-bond acceptors (Lipinski definition) is 6. The summed E-state index contributed by atoms with van der Waals surface area (Å²) in [6.07, 6.45) is 0.553. The van der Waals surface area contributed by atoms with Crippen LogP contribution in [0.3, 0.4) is 0 Å². The first-order valence-corrected chi connectivity index (χ1v) is 17.5. The number of benzene rings is 5. The normalized spacial score (nSPS) is 11.6. The molecule has 0 bridgehead atoms. The van der Waals surface area contributed by atoms with Crippen LogP contribution >= 0.6 is 0 Å². The first-order valence-electron chi connectivity index (χ1n) is 17.5. The summed E-state index contributed by atoms with van der Waals surface area (Å²) >= 11 is 0. The Kier molecular flexibility index (Phi) is 8.57.